The summed E-state index contributed by atoms with van der Waals surface area (Å²) < 4.78 is 9.31. The fraction of sp³-hybridized carbons (Fsp3) is 0.226. The lowest BCUT2D eigenvalue weighted by Crippen LogP contribution is -2.15. The van der Waals surface area contributed by atoms with Crippen molar-refractivity contribution in [3.8, 4) is 16.3 Å². The first-order valence-corrected chi connectivity index (χ1v) is 14.8. The Hall–Kier alpha value is -3.95. The number of thioether (sulfide) groups is 1. The van der Waals surface area contributed by atoms with Crippen molar-refractivity contribution in [2.75, 3.05) is 11.1 Å². The number of fused-ring (bicyclic) bond motifs is 1. The number of hydrogen-bond donors (Lipinski definition) is 1. The maximum atomic E-state index is 12.8. The molecule has 9 heteroatoms. The van der Waals surface area contributed by atoms with Crippen LogP contribution in [-0.2, 0) is 11.3 Å². The van der Waals surface area contributed by atoms with Gasteiger partial charge in [0.2, 0.25) is 5.91 Å². The van der Waals surface area contributed by atoms with E-state index >= 15 is 0 Å². The van der Waals surface area contributed by atoms with Crippen LogP contribution in [0.2, 0.25) is 0 Å². The van der Waals surface area contributed by atoms with Gasteiger partial charge in [-0.1, -0.05) is 41.6 Å². The Balaban J connectivity index is 1.21. The van der Waals surface area contributed by atoms with Crippen molar-refractivity contribution in [2.24, 2.45) is 0 Å². The lowest BCUT2D eigenvalue weighted by molar-refractivity contribution is -0.113. The first kappa shape index (κ1) is 27.6. The normalized spacial score (nSPS) is 11.9. The molecular weight excluding hydrogens is 539 g/mol. The van der Waals surface area contributed by atoms with Crippen molar-refractivity contribution in [1.82, 2.24) is 19.7 Å². The molecule has 3 aromatic carbocycles. The Morgan fingerprint density at radius 2 is 1.82 bits per heavy atom. The van der Waals surface area contributed by atoms with Crippen LogP contribution in [0.25, 0.3) is 20.8 Å². The molecule has 0 saturated heterocycles. The smallest absolute Gasteiger partial charge is 0.234 e. The Bertz CT molecular complexity index is 1670. The largest absolute Gasteiger partial charge is 0.482 e. The third-order valence-corrected chi connectivity index (χ3v) is 8.38. The summed E-state index contributed by atoms with van der Waals surface area (Å²) in [5.41, 5.74) is 6.22. The van der Waals surface area contributed by atoms with E-state index in [1.165, 1.54) is 27.6 Å². The van der Waals surface area contributed by atoms with Crippen molar-refractivity contribution in [2.45, 2.75) is 45.5 Å². The van der Waals surface area contributed by atoms with Crippen molar-refractivity contribution in [3.05, 3.63) is 95.8 Å². The number of carbonyl (C=O) groups excluding carboxylic acids is 1. The molecular formula is C31H31N5O2S2. The van der Waals surface area contributed by atoms with Crippen molar-refractivity contribution in [3.63, 3.8) is 0 Å². The number of hydrogen-bond acceptors (Lipinski definition) is 7. The summed E-state index contributed by atoms with van der Waals surface area (Å²) in [5.74, 6) is 1.57. The summed E-state index contributed by atoms with van der Waals surface area (Å²) in [6.45, 7) is 12.5. The number of ether oxygens (including phenoxy) is 1. The van der Waals surface area contributed by atoms with E-state index in [2.05, 4.69) is 60.2 Å². The topological polar surface area (TPSA) is 81.9 Å². The molecule has 1 N–H and O–H groups in total. The minimum absolute atomic E-state index is 0.123. The number of nitrogens with one attached hydrogen (secondary N) is 1. The lowest BCUT2D eigenvalue weighted by atomic mass is 10.1. The van der Waals surface area contributed by atoms with Gasteiger partial charge in [-0.15, -0.1) is 28.1 Å². The minimum Gasteiger partial charge on any atom is -0.482 e. The first-order chi connectivity index (χ1) is 19.3. The van der Waals surface area contributed by atoms with Gasteiger partial charge in [-0.2, -0.15) is 0 Å². The predicted octanol–water partition coefficient (Wildman–Crippen LogP) is 7.54. The minimum atomic E-state index is -0.324. The zero-order valence-corrected chi connectivity index (χ0v) is 24.6. The average Bonchev–Trinajstić information content (AvgIpc) is 3.53. The highest BCUT2D eigenvalue weighted by Crippen LogP contribution is 2.32. The number of anilines is 1. The zero-order valence-electron chi connectivity index (χ0n) is 23.0. The van der Waals surface area contributed by atoms with E-state index in [9.17, 15) is 4.79 Å². The van der Waals surface area contributed by atoms with Gasteiger partial charge in [-0.05, 0) is 81.3 Å². The predicted molar refractivity (Wildman–Crippen MR) is 164 cm³/mol. The molecule has 0 fully saturated rings. The van der Waals surface area contributed by atoms with Gasteiger partial charge in [-0.25, -0.2) is 4.98 Å². The van der Waals surface area contributed by atoms with E-state index < -0.39 is 0 Å². The molecule has 0 bridgehead atoms. The summed E-state index contributed by atoms with van der Waals surface area (Å²) in [7, 11) is 0. The summed E-state index contributed by atoms with van der Waals surface area (Å²) in [4.78, 5) is 17.5. The second kappa shape index (κ2) is 12.1. The van der Waals surface area contributed by atoms with Gasteiger partial charge in [0.25, 0.3) is 0 Å². The Morgan fingerprint density at radius 3 is 2.58 bits per heavy atom. The number of benzene rings is 3. The van der Waals surface area contributed by atoms with Crippen LogP contribution < -0.4 is 10.1 Å². The van der Waals surface area contributed by atoms with Crippen LogP contribution in [0.4, 0.5) is 5.69 Å². The maximum Gasteiger partial charge on any atom is 0.234 e. The molecule has 0 aliphatic heterocycles. The summed E-state index contributed by atoms with van der Waals surface area (Å²) >= 11 is 3.00. The van der Waals surface area contributed by atoms with E-state index in [1.807, 2.05) is 54.8 Å². The molecule has 1 amide bonds. The number of nitrogens with zero attached hydrogens (tertiary/aromatic N) is 4. The molecule has 0 spiro atoms. The molecule has 5 aromatic rings. The van der Waals surface area contributed by atoms with Crippen LogP contribution in [0.15, 0.2) is 78.5 Å². The van der Waals surface area contributed by atoms with Gasteiger partial charge in [0.15, 0.2) is 17.1 Å². The highest BCUT2D eigenvalue weighted by Gasteiger charge is 2.20. The molecule has 7 nitrogen and oxygen atoms in total. The van der Waals surface area contributed by atoms with Crippen LogP contribution in [0.3, 0.4) is 0 Å². The fourth-order valence-electron chi connectivity index (χ4n) is 4.36. The van der Waals surface area contributed by atoms with Crippen molar-refractivity contribution in [1.29, 1.82) is 0 Å². The molecule has 0 saturated carbocycles. The highest BCUT2D eigenvalue weighted by atomic mass is 32.2. The average molecular weight is 570 g/mol. The van der Waals surface area contributed by atoms with E-state index in [0.717, 1.165) is 33.1 Å². The van der Waals surface area contributed by atoms with E-state index in [1.54, 1.807) is 17.4 Å². The van der Waals surface area contributed by atoms with E-state index in [0.29, 0.717) is 17.5 Å². The van der Waals surface area contributed by atoms with Crippen molar-refractivity contribution < 1.29 is 9.53 Å². The van der Waals surface area contributed by atoms with Gasteiger partial charge < -0.3 is 10.1 Å². The second-order valence-electron chi connectivity index (χ2n) is 9.67. The van der Waals surface area contributed by atoms with Gasteiger partial charge >= 0.3 is 0 Å². The monoisotopic (exact) mass is 569 g/mol. The molecule has 0 aliphatic rings. The molecule has 2 heterocycles. The SMILES string of the molecule is C=CCn1c(SCC(=O)Nc2ccc(-c3nc4ccc(C)cc4s3)cc2)nnc1C(C)Oc1ccc(C)cc1C. The molecule has 5 rings (SSSR count). The number of thiazole rings is 1. The summed E-state index contributed by atoms with van der Waals surface area (Å²) in [6.07, 6.45) is 1.46. The van der Waals surface area contributed by atoms with Gasteiger partial charge in [0.1, 0.15) is 10.8 Å². The van der Waals surface area contributed by atoms with Crippen LogP contribution in [-0.4, -0.2) is 31.4 Å². The third-order valence-electron chi connectivity index (χ3n) is 6.35. The van der Waals surface area contributed by atoms with E-state index in [4.69, 9.17) is 9.72 Å². The second-order valence-corrected chi connectivity index (χ2v) is 11.6. The van der Waals surface area contributed by atoms with E-state index in [-0.39, 0.29) is 17.8 Å². The maximum absolute atomic E-state index is 12.8. The molecule has 1 atom stereocenters. The van der Waals surface area contributed by atoms with Gasteiger partial charge in [0.05, 0.1) is 16.0 Å². The molecule has 40 heavy (non-hydrogen) atoms. The molecule has 0 aliphatic carbocycles. The Kier molecular flexibility index (Phi) is 8.32. The Morgan fingerprint density at radius 1 is 1.07 bits per heavy atom. The number of aromatic nitrogens is 4. The summed E-state index contributed by atoms with van der Waals surface area (Å²) in [6, 6.07) is 20.1. The number of carbonyl (C=O) groups is 1. The first-order valence-electron chi connectivity index (χ1n) is 13.0. The number of allylic oxidation sites excluding steroid dienone is 1. The molecule has 1 unspecified atom stereocenters. The molecule has 0 radical (unpaired) electrons. The highest BCUT2D eigenvalue weighted by molar-refractivity contribution is 7.99. The summed E-state index contributed by atoms with van der Waals surface area (Å²) in [5, 5.41) is 13.3. The van der Waals surface area contributed by atoms with Crippen LogP contribution in [0.5, 0.6) is 5.75 Å². The van der Waals surface area contributed by atoms with Crippen LogP contribution >= 0.6 is 23.1 Å². The Labute approximate surface area is 242 Å². The van der Waals surface area contributed by atoms with Gasteiger partial charge in [-0.3, -0.25) is 9.36 Å². The fourth-order valence-corrected chi connectivity index (χ4v) is 6.19. The third kappa shape index (κ3) is 6.26. The molecule has 204 valence electrons. The van der Waals surface area contributed by atoms with Crippen LogP contribution in [0, 0.1) is 20.8 Å². The molecule has 2 aromatic heterocycles. The number of amides is 1. The standard InChI is InChI=1S/C31H31N5O2S2/c1-6-15-36-29(22(5)38-26-14-8-19(2)16-21(26)4)34-35-31(36)39-18-28(37)32-24-11-9-23(10-12-24)30-33-25-13-7-20(3)17-27(25)40-30/h6-14,16-17,22H,1,15,18H2,2-5H3,(H,32,37). The lowest BCUT2D eigenvalue weighted by Gasteiger charge is -2.17. The quantitative estimate of drug-likeness (QED) is 0.138. The van der Waals surface area contributed by atoms with Crippen molar-refractivity contribution >= 4 is 44.9 Å². The zero-order chi connectivity index (χ0) is 28.2. The number of rotatable bonds is 10. The van der Waals surface area contributed by atoms with Gasteiger partial charge in [0, 0.05) is 17.8 Å². The van der Waals surface area contributed by atoms with Crippen LogP contribution in [0.1, 0.15) is 35.5 Å². The number of aryl methyl sites for hydroxylation is 3.